The fraction of sp³-hybridized carbons (Fsp3) is 0.208. The Bertz CT molecular complexity index is 1190. The average molecular weight is 388 g/mol. The van der Waals surface area contributed by atoms with Crippen molar-refractivity contribution in [3.63, 3.8) is 0 Å². The first-order valence-corrected chi connectivity index (χ1v) is 10.5. The van der Waals surface area contributed by atoms with Crippen LogP contribution in [-0.2, 0) is 19.4 Å². The van der Waals surface area contributed by atoms with Gasteiger partial charge in [0.1, 0.15) is 12.4 Å². The zero-order valence-electron chi connectivity index (χ0n) is 15.6. The molecule has 4 aromatic rings. The first kappa shape index (κ1) is 17.3. The molecule has 0 saturated heterocycles. The van der Waals surface area contributed by atoms with Crippen LogP contribution < -0.4 is 10.3 Å². The smallest absolute Gasteiger partial charge is 0.258 e. The minimum absolute atomic E-state index is 0.0776. The predicted octanol–water partition coefficient (Wildman–Crippen LogP) is 5.51. The SMILES string of the molecule is O=c1cc(OCc2ccccc2)ccn1-c1ccc2c3c(sc2c1)CCCC3. The van der Waals surface area contributed by atoms with Crippen LogP contribution in [0.15, 0.2) is 71.7 Å². The van der Waals surface area contributed by atoms with Gasteiger partial charge in [-0.3, -0.25) is 9.36 Å². The molecule has 0 spiro atoms. The molecule has 28 heavy (non-hydrogen) atoms. The zero-order valence-corrected chi connectivity index (χ0v) is 16.4. The lowest BCUT2D eigenvalue weighted by Crippen LogP contribution is -2.16. The number of fused-ring (bicyclic) bond motifs is 3. The third kappa shape index (κ3) is 3.25. The average Bonchev–Trinajstić information content (AvgIpc) is 3.11. The molecule has 0 aliphatic heterocycles. The summed E-state index contributed by atoms with van der Waals surface area (Å²) in [6, 6.07) is 19.8. The van der Waals surface area contributed by atoms with Gasteiger partial charge in [0.05, 0.1) is 5.69 Å². The fourth-order valence-corrected chi connectivity index (χ4v) is 5.24. The monoisotopic (exact) mass is 387 g/mol. The maximum Gasteiger partial charge on any atom is 0.258 e. The first-order chi connectivity index (χ1) is 13.8. The summed E-state index contributed by atoms with van der Waals surface area (Å²) in [5.41, 5.74) is 3.44. The van der Waals surface area contributed by atoms with E-state index in [0.717, 1.165) is 11.3 Å². The second-order valence-corrected chi connectivity index (χ2v) is 8.37. The van der Waals surface area contributed by atoms with Crippen molar-refractivity contribution in [1.29, 1.82) is 0 Å². The summed E-state index contributed by atoms with van der Waals surface area (Å²) in [5.74, 6) is 0.595. The zero-order chi connectivity index (χ0) is 18.9. The molecule has 2 aromatic carbocycles. The molecule has 2 heterocycles. The quantitative estimate of drug-likeness (QED) is 0.462. The van der Waals surface area contributed by atoms with Crippen LogP contribution in [0.1, 0.15) is 28.8 Å². The number of aromatic nitrogens is 1. The largest absolute Gasteiger partial charge is 0.489 e. The highest BCUT2D eigenvalue weighted by atomic mass is 32.1. The molecule has 1 aliphatic carbocycles. The van der Waals surface area contributed by atoms with Gasteiger partial charge in [0.15, 0.2) is 0 Å². The van der Waals surface area contributed by atoms with Gasteiger partial charge in [-0.05, 0) is 60.4 Å². The third-order valence-corrected chi connectivity index (χ3v) is 6.61. The highest BCUT2D eigenvalue weighted by Gasteiger charge is 2.16. The van der Waals surface area contributed by atoms with Crippen molar-refractivity contribution in [2.24, 2.45) is 0 Å². The van der Waals surface area contributed by atoms with Gasteiger partial charge in [-0.15, -0.1) is 11.3 Å². The Balaban J connectivity index is 1.42. The topological polar surface area (TPSA) is 31.2 Å². The van der Waals surface area contributed by atoms with Crippen LogP contribution in [0.5, 0.6) is 5.75 Å². The highest BCUT2D eigenvalue weighted by molar-refractivity contribution is 7.19. The summed E-state index contributed by atoms with van der Waals surface area (Å²) in [7, 11) is 0. The fourth-order valence-electron chi connectivity index (χ4n) is 3.91. The normalized spacial score (nSPS) is 13.4. The van der Waals surface area contributed by atoms with E-state index in [9.17, 15) is 4.79 Å². The van der Waals surface area contributed by atoms with E-state index in [1.807, 2.05) is 47.7 Å². The Morgan fingerprint density at radius 3 is 2.68 bits per heavy atom. The summed E-state index contributed by atoms with van der Waals surface area (Å²) in [4.78, 5) is 14.2. The summed E-state index contributed by atoms with van der Waals surface area (Å²) in [6.45, 7) is 0.455. The van der Waals surface area contributed by atoms with Crippen LogP contribution in [-0.4, -0.2) is 4.57 Å². The van der Waals surface area contributed by atoms with Crippen molar-refractivity contribution in [2.75, 3.05) is 0 Å². The van der Waals surface area contributed by atoms with E-state index >= 15 is 0 Å². The molecule has 2 aromatic heterocycles. The van der Waals surface area contributed by atoms with Crippen LogP contribution >= 0.6 is 11.3 Å². The van der Waals surface area contributed by atoms with E-state index < -0.39 is 0 Å². The molecular weight excluding hydrogens is 366 g/mol. The van der Waals surface area contributed by atoms with Gasteiger partial charge in [-0.1, -0.05) is 36.4 Å². The summed E-state index contributed by atoms with van der Waals surface area (Å²) >= 11 is 1.88. The Morgan fingerprint density at radius 1 is 0.964 bits per heavy atom. The Labute approximate surface area is 167 Å². The van der Waals surface area contributed by atoms with Crippen LogP contribution in [0.3, 0.4) is 0 Å². The molecule has 0 N–H and O–H groups in total. The Hall–Kier alpha value is -2.85. The molecule has 3 nitrogen and oxygen atoms in total. The maximum absolute atomic E-state index is 12.7. The Kier molecular flexibility index (Phi) is 4.49. The molecule has 0 atom stereocenters. The number of hydrogen-bond acceptors (Lipinski definition) is 3. The number of nitrogens with zero attached hydrogens (tertiary/aromatic N) is 1. The van der Waals surface area contributed by atoms with E-state index in [1.54, 1.807) is 16.8 Å². The molecule has 0 radical (unpaired) electrons. The number of pyridine rings is 1. The van der Waals surface area contributed by atoms with Crippen LogP contribution in [0.4, 0.5) is 0 Å². The van der Waals surface area contributed by atoms with Crippen LogP contribution in [0.25, 0.3) is 15.8 Å². The van der Waals surface area contributed by atoms with E-state index in [1.165, 1.54) is 46.2 Å². The van der Waals surface area contributed by atoms with Crippen molar-refractivity contribution < 1.29 is 4.74 Å². The number of ether oxygens (including phenoxy) is 1. The molecule has 0 fully saturated rings. The van der Waals surface area contributed by atoms with Crippen molar-refractivity contribution in [1.82, 2.24) is 4.57 Å². The lowest BCUT2D eigenvalue weighted by Gasteiger charge is -2.11. The molecule has 1 aliphatic rings. The molecule has 4 heteroatoms. The van der Waals surface area contributed by atoms with E-state index in [2.05, 4.69) is 18.2 Å². The second kappa shape index (κ2) is 7.28. The van der Waals surface area contributed by atoms with Gasteiger partial charge in [0.25, 0.3) is 5.56 Å². The van der Waals surface area contributed by atoms with Crippen molar-refractivity contribution in [2.45, 2.75) is 32.3 Å². The number of hydrogen-bond donors (Lipinski definition) is 0. The molecule has 5 rings (SSSR count). The number of aryl methyl sites for hydroxylation is 2. The lowest BCUT2D eigenvalue weighted by atomic mass is 9.96. The van der Waals surface area contributed by atoms with Crippen molar-refractivity contribution in [3.05, 3.63) is 93.2 Å². The standard InChI is InChI=1S/C24H21NO2S/c26-24-15-19(27-16-17-6-2-1-3-7-17)12-13-25(24)18-10-11-21-20-8-4-5-9-22(20)28-23(21)14-18/h1-3,6-7,10-15H,4-5,8-9,16H2. The lowest BCUT2D eigenvalue weighted by molar-refractivity contribution is 0.305. The van der Waals surface area contributed by atoms with Gasteiger partial charge in [0.2, 0.25) is 0 Å². The molecule has 0 amide bonds. The highest BCUT2D eigenvalue weighted by Crippen LogP contribution is 2.37. The van der Waals surface area contributed by atoms with Crippen molar-refractivity contribution in [3.8, 4) is 11.4 Å². The predicted molar refractivity (Wildman–Crippen MR) is 115 cm³/mol. The van der Waals surface area contributed by atoms with E-state index in [0.29, 0.717) is 12.4 Å². The van der Waals surface area contributed by atoms with Crippen molar-refractivity contribution >= 4 is 21.4 Å². The van der Waals surface area contributed by atoms with Crippen LogP contribution in [0.2, 0.25) is 0 Å². The summed E-state index contributed by atoms with van der Waals surface area (Å²) in [6.07, 6.45) is 6.75. The number of thiophene rings is 1. The minimum Gasteiger partial charge on any atom is -0.489 e. The summed E-state index contributed by atoms with van der Waals surface area (Å²) < 4.78 is 8.74. The maximum atomic E-state index is 12.7. The second-order valence-electron chi connectivity index (χ2n) is 7.24. The molecule has 0 unspecified atom stereocenters. The van der Waals surface area contributed by atoms with Gasteiger partial charge >= 0.3 is 0 Å². The molecule has 0 bridgehead atoms. The van der Waals surface area contributed by atoms with Gasteiger partial charge in [-0.25, -0.2) is 0 Å². The minimum atomic E-state index is -0.0776. The summed E-state index contributed by atoms with van der Waals surface area (Å²) in [5, 5.41) is 1.36. The molecular formula is C24H21NO2S. The number of benzene rings is 2. The van der Waals surface area contributed by atoms with Crippen LogP contribution in [0, 0.1) is 0 Å². The van der Waals surface area contributed by atoms with Gasteiger partial charge in [0, 0.05) is 21.8 Å². The van der Waals surface area contributed by atoms with Gasteiger partial charge < -0.3 is 4.74 Å². The van der Waals surface area contributed by atoms with E-state index in [4.69, 9.17) is 4.74 Å². The Morgan fingerprint density at radius 2 is 1.82 bits per heavy atom. The number of rotatable bonds is 4. The first-order valence-electron chi connectivity index (χ1n) is 9.72. The third-order valence-electron chi connectivity index (χ3n) is 5.36. The molecule has 140 valence electrons. The van der Waals surface area contributed by atoms with E-state index in [-0.39, 0.29) is 5.56 Å². The van der Waals surface area contributed by atoms with Gasteiger partial charge in [-0.2, -0.15) is 0 Å². The molecule has 0 saturated carbocycles.